The first-order valence-corrected chi connectivity index (χ1v) is 9.40. The molecule has 0 atom stereocenters. The van der Waals surface area contributed by atoms with Crippen LogP contribution in [0.5, 0.6) is 0 Å². The number of hydroxylamine groups is 1. The maximum Gasteiger partial charge on any atom is 0.280 e. The van der Waals surface area contributed by atoms with Gasteiger partial charge in [0.2, 0.25) is 0 Å². The summed E-state index contributed by atoms with van der Waals surface area (Å²) in [5.74, 6) is -0.962. The Bertz CT molecular complexity index is 1110. The van der Waals surface area contributed by atoms with Gasteiger partial charge >= 0.3 is 0 Å². The first-order chi connectivity index (χ1) is 13.3. The number of thiophene rings is 1. The number of hydrogen-bond donors (Lipinski definition) is 3. The molecule has 148 valence electrons. The van der Waals surface area contributed by atoms with E-state index in [9.17, 15) is 14.0 Å². The highest BCUT2D eigenvalue weighted by molar-refractivity contribution is 7.17. The summed E-state index contributed by atoms with van der Waals surface area (Å²) in [5.41, 5.74) is 3.76. The smallest absolute Gasteiger partial charge is 0.280 e. The van der Waals surface area contributed by atoms with E-state index in [1.165, 1.54) is 29.0 Å². The second-order valence-electron chi connectivity index (χ2n) is 6.32. The van der Waals surface area contributed by atoms with Gasteiger partial charge in [0, 0.05) is 7.05 Å². The number of aryl methyl sites for hydroxylation is 2. The van der Waals surface area contributed by atoms with E-state index in [-0.39, 0.29) is 35.8 Å². The molecular formula is C19H20FN3O4S. The normalized spacial score (nSPS) is 11.0. The van der Waals surface area contributed by atoms with Crippen molar-refractivity contribution in [2.45, 2.75) is 13.8 Å². The van der Waals surface area contributed by atoms with E-state index in [2.05, 4.69) is 10.8 Å². The summed E-state index contributed by atoms with van der Waals surface area (Å²) in [4.78, 5) is 30.6. The molecule has 0 saturated heterocycles. The van der Waals surface area contributed by atoms with Gasteiger partial charge in [-0.15, -0.1) is 11.3 Å². The molecule has 1 amide bonds. The summed E-state index contributed by atoms with van der Waals surface area (Å²) >= 11 is 1.25. The molecule has 0 fully saturated rings. The highest BCUT2D eigenvalue weighted by Gasteiger charge is 2.24. The van der Waals surface area contributed by atoms with Crippen LogP contribution in [0.15, 0.2) is 28.4 Å². The molecule has 3 rings (SSSR count). The van der Waals surface area contributed by atoms with Crippen LogP contribution in [0.2, 0.25) is 0 Å². The Morgan fingerprint density at radius 2 is 2.11 bits per heavy atom. The Morgan fingerprint density at radius 3 is 2.79 bits per heavy atom. The number of anilines is 2. The summed E-state index contributed by atoms with van der Waals surface area (Å²) in [5, 5.41) is 13.9. The molecule has 0 unspecified atom stereocenters. The fraction of sp³-hybridized carbons (Fsp3) is 0.263. The average molecular weight is 405 g/mol. The van der Waals surface area contributed by atoms with Gasteiger partial charge in [0.1, 0.15) is 17.2 Å². The molecule has 2 aromatic heterocycles. The van der Waals surface area contributed by atoms with Crippen LogP contribution >= 0.6 is 11.3 Å². The number of fused-ring (bicyclic) bond motifs is 1. The minimum atomic E-state index is -0.606. The van der Waals surface area contributed by atoms with E-state index >= 15 is 0 Å². The minimum Gasteiger partial charge on any atom is -0.394 e. The summed E-state index contributed by atoms with van der Waals surface area (Å²) in [6.07, 6.45) is 0. The van der Waals surface area contributed by atoms with Crippen LogP contribution in [0, 0.1) is 19.7 Å². The topological polar surface area (TPSA) is 92.6 Å². The van der Waals surface area contributed by atoms with Crippen LogP contribution < -0.4 is 16.4 Å². The van der Waals surface area contributed by atoms with Crippen LogP contribution in [0.4, 0.5) is 15.9 Å². The number of nitrogens with zero attached hydrogens (tertiary/aromatic N) is 1. The van der Waals surface area contributed by atoms with Gasteiger partial charge in [-0.3, -0.25) is 19.0 Å². The fourth-order valence-corrected chi connectivity index (χ4v) is 3.94. The molecule has 3 aromatic rings. The van der Waals surface area contributed by atoms with Crippen molar-refractivity contribution in [1.82, 2.24) is 10.0 Å². The predicted molar refractivity (Wildman–Crippen MR) is 107 cm³/mol. The Hall–Kier alpha value is -2.75. The van der Waals surface area contributed by atoms with E-state index in [0.29, 0.717) is 10.1 Å². The third kappa shape index (κ3) is 3.64. The van der Waals surface area contributed by atoms with Gasteiger partial charge in [-0.25, -0.2) is 9.87 Å². The Morgan fingerprint density at radius 1 is 1.36 bits per heavy atom. The summed E-state index contributed by atoms with van der Waals surface area (Å²) in [7, 11) is 1.51. The molecule has 0 bridgehead atoms. The van der Waals surface area contributed by atoms with Crippen molar-refractivity contribution >= 4 is 38.8 Å². The lowest BCUT2D eigenvalue weighted by molar-refractivity contribution is 0.0170. The SMILES string of the molecule is Cc1ccc(Nc2c(C(=O)NOCCO)c3scc(C)c3c(=O)n2C)c(F)c1. The molecule has 1 aromatic carbocycles. The third-order valence-corrected chi connectivity index (χ3v) is 5.37. The zero-order valence-electron chi connectivity index (χ0n) is 15.6. The summed E-state index contributed by atoms with van der Waals surface area (Å²) in [6.45, 7) is 3.21. The number of aromatic nitrogens is 1. The molecule has 0 aliphatic rings. The van der Waals surface area contributed by atoms with Crippen molar-refractivity contribution in [1.29, 1.82) is 0 Å². The quantitative estimate of drug-likeness (QED) is 0.433. The standard InChI is InChI=1S/C19H20FN3O4S/c1-10-4-5-13(12(20)8-10)21-17-15(18(25)22-27-7-6-24)16-14(11(2)9-28-16)19(26)23(17)3/h4-5,8-9,21,24H,6-7H2,1-3H3,(H,22,25). The molecule has 2 heterocycles. The van der Waals surface area contributed by atoms with E-state index in [0.717, 1.165) is 11.1 Å². The van der Waals surface area contributed by atoms with Gasteiger partial charge in [-0.1, -0.05) is 6.07 Å². The number of carbonyl (C=O) groups excluding carboxylic acids is 1. The van der Waals surface area contributed by atoms with Crippen LogP contribution in [-0.4, -0.2) is 28.8 Å². The van der Waals surface area contributed by atoms with Gasteiger partial charge in [-0.05, 0) is 42.5 Å². The van der Waals surface area contributed by atoms with Crippen molar-refractivity contribution in [3.05, 3.63) is 56.4 Å². The first-order valence-electron chi connectivity index (χ1n) is 8.52. The number of rotatable bonds is 6. The fourth-order valence-electron chi connectivity index (χ4n) is 2.86. The molecule has 7 nitrogen and oxygen atoms in total. The van der Waals surface area contributed by atoms with Gasteiger partial charge < -0.3 is 10.4 Å². The Kier molecular flexibility index (Phi) is 5.78. The molecule has 0 saturated carbocycles. The van der Waals surface area contributed by atoms with E-state index in [4.69, 9.17) is 9.94 Å². The zero-order chi connectivity index (χ0) is 20.4. The maximum absolute atomic E-state index is 14.4. The largest absolute Gasteiger partial charge is 0.394 e. The molecule has 0 radical (unpaired) electrons. The van der Waals surface area contributed by atoms with Crippen molar-refractivity contribution in [2.24, 2.45) is 7.05 Å². The highest BCUT2D eigenvalue weighted by atomic mass is 32.1. The van der Waals surface area contributed by atoms with Crippen molar-refractivity contribution in [3.8, 4) is 0 Å². The number of amides is 1. The van der Waals surface area contributed by atoms with Crippen LogP contribution in [0.3, 0.4) is 0 Å². The molecule has 0 aliphatic carbocycles. The number of hydrogen-bond acceptors (Lipinski definition) is 6. The number of benzene rings is 1. The van der Waals surface area contributed by atoms with Crippen molar-refractivity contribution < 1.29 is 19.1 Å². The number of nitrogens with one attached hydrogen (secondary N) is 2. The molecule has 0 spiro atoms. The number of halogens is 1. The Balaban J connectivity index is 2.19. The van der Waals surface area contributed by atoms with Gasteiger partial charge in [0.15, 0.2) is 0 Å². The summed E-state index contributed by atoms with van der Waals surface area (Å²) < 4.78 is 16.1. The van der Waals surface area contributed by atoms with Gasteiger partial charge in [-0.2, -0.15) is 0 Å². The zero-order valence-corrected chi connectivity index (χ0v) is 16.4. The lowest BCUT2D eigenvalue weighted by Gasteiger charge is -2.17. The lowest BCUT2D eigenvalue weighted by Crippen LogP contribution is -2.30. The molecule has 28 heavy (non-hydrogen) atoms. The average Bonchev–Trinajstić information content (AvgIpc) is 3.03. The number of aliphatic hydroxyl groups excluding tert-OH is 1. The second-order valence-corrected chi connectivity index (χ2v) is 7.20. The Labute approximate surface area is 164 Å². The first kappa shape index (κ1) is 20.0. The van der Waals surface area contributed by atoms with Crippen LogP contribution in [0.1, 0.15) is 21.5 Å². The van der Waals surface area contributed by atoms with Gasteiger partial charge in [0.25, 0.3) is 11.5 Å². The monoisotopic (exact) mass is 405 g/mol. The molecule has 0 aliphatic heterocycles. The minimum absolute atomic E-state index is 0.0839. The molecule has 9 heteroatoms. The van der Waals surface area contributed by atoms with Crippen LogP contribution in [0.25, 0.3) is 10.1 Å². The number of aliphatic hydroxyl groups is 1. The van der Waals surface area contributed by atoms with Gasteiger partial charge in [0.05, 0.1) is 29.0 Å². The van der Waals surface area contributed by atoms with Crippen molar-refractivity contribution in [2.75, 3.05) is 18.5 Å². The third-order valence-electron chi connectivity index (χ3n) is 4.26. The second kappa shape index (κ2) is 8.09. The predicted octanol–water partition coefficient (Wildman–Crippen LogP) is 2.75. The van der Waals surface area contributed by atoms with E-state index in [1.807, 2.05) is 0 Å². The van der Waals surface area contributed by atoms with E-state index in [1.54, 1.807) is 31.4 Å². The molecular weight excluding hydrogens is 385 g/mol. The maximum atomic E-state index is 14.4. The summed E-state index contributed by atoms with van der Waals surface area (Å²) in [6, 6.07) is 4.63. The van der Waals surface area contributed by atoms with E-state index < -0.39 is 11.7 Å². The lowest BCUT2D eigenvalue weighted by atomic mass is 10.1. The molecule has 3 N–H and O–H groups in total. The highest BCUT2D eigenvalue weighted by Crippen LogP contribution is 2.32. The van der Waals surface area contributed by atoms with Crippen molar-refractivity contribution in [3.63, 3.8) is 0 Å². The number of pyridine rings is 1. The van der Waals surface area contributed by atoms with Crippen LogP contribution in [-0.2, 0) is 11.9 Å². The number of carbonyl (C=O) groups is 1.